The fourth-order valence-electron chi connectivity index (χ4n) is 2.21. The van der Waals surface area contributed by atoms with E-state index in [4.69, 9.17) is 11.6 Å². The lowest BCUT2D eigenvalue weighted by Gasteiger charge is -2.26. The van der Waals surface area contributed by atoms with Crippen LogP contribution < -0.4 is 5.46 Å². The first-order valence-electron chi connectivity index (χ1n) is 6.52. The average molecular weight is 335 g/mol. The highest BCUT2D eigenvalue weighted by Gasteiger charge is 2.38. The van der Waals surface area contributed by atoms with Gasteiger partial charge in [-0.05, 0) is 42.2 Å². The molecule has 2 aromatic carbocycles. The van der Waals surface area contributed by atoms with Gasteiger partial charge in [0, 0.05) is 5.02 Å². The van der Waals surface area contributed by atoms with Gasteiger partial charge in [-0.25, -0.2) is 8.42 Å². The van der Waals surface area contributed by atoms with Gasteiger partial charge in [-0.1, -0.05) is 35.4 Å². The zero-order valence-corrected chi connectivity index (χ0v) is 13.2. The predicted molar refractivity (Wildman–Crippen MR) is 86.9 cm³/mol. The smallest absolute Gasteiger partial charge is 0.427 e. The summed E-state index contributed by atoms with van der Waals surface area (Å²) in [6, 6.07) is 11.2. The molecule has 1 aliphatic heterocycles. The second kappa shape index (κ2) is 5.42. The maximum Gasteiger partial charge on any atom is 0.484 e. The number of rotatable bonds is 2. The van der Waals surface area contributed by atoms with Crippen LogP contribution in [0.3, 0.4) is 0 Å². The van der Waals surface area contributed by atoms with Crippen molar-refractivity contribution < 1.29 is 13.4 Å². The van der Waals surface area contributed by atoms with Crippen LogP contribution in [0.2, 0.25) is 5.02 Å². The van der Waals surface area contributed by atoms with Crippen LogP contribution in [-0.4, -0.2) is 31.0 Å². The Hall–Kier alpha value is -1.83. The van der Waals surface area contributed by atoms with Crippen molar-refractivity contribution in [2.75, 3.05) is 0 Å². The molecule has 0 spiro atoms. The monoisotopic (exact) mass is 334 g/mol. The minimum atomic E-state index is -3.93. The largest absolute Gasteiger partial charge is 0.484 e. The van der Waals surface area contributed by atoms with Crippen molar-refractivity contribution in [2.45, 2.75) is 11.8 Å². The number of hydrogen-bond acceptors (Lipinski definition) is 4. The fraction of sp³-hybridized carbons (Fsp3) is 0.0714. The number of hydrazone groups is 1. The zero-order valence-electron chi connectivity index (χ0n) is 11.6. The Kier molecular flexibility index (Phi) is 3.72. The van der Waals surface area contributed by atoms with Crippen molar-refractivity contribution in [3.63, 3.8) is 0 Å². The Morgan fingerprint density at radius 1 is 1.18 bits per heavy atom. The Morgan fingerprint density at radius 3 is 2.55 bits per heavy atom. The lowest BCUT2D eigenvalue weighted by Crippen LogP contribution is -2.52. The van der Waals surface area contributed by atoms with Gasteiger partial charge >= 0.3 is 7.05 Å². The number of halogens is 1. The van der Waals surface area contributed by atoms with Crippen LogP contribution in [0.5, 0.6) is 0 Å². The van der Waals surface area contributed by atoms with Gasteiger partial charge in [-0.15, -0.1) is 0 Å². The molecule has 0 aromatic heterocycles. The Labute approximate surface area is 134 Å². The molecule has 22 heavy (non-hydrogen) atoms. The van der Waals surface area contributed by atoms with Crippen LogP contribution >= 0.6 is 11.6 Å². The molecule has 0 unspecified atom stereocenters. The lowest BCUT2D eigenvalue weighted by atomic mass is 9.72. The standard InChI is InChI=1S/C14H12BClN2O3S/c1-10-2-5-13(6-3-10)22(20,21)18-15(19)14-7-4-12(16)8-11(14)9-17-18/h2-9,19H,1H3. The summed E-state index contributed by atoms with van der Waals surface area (Å²) in [5, 5.41) is 14.7. The van der Waals surface area contributed by atoms with Gasteiger partial charge in [0.2, 0.25) is 0 Å². The highest BCUT2D eigenvalue weighted by molar-refractivity contribution is 7.90. The van der Waals surface area contributed by atoms with Crippen LogP contribution in [0, 0.1) is 6.92 Å². The molecule has 0 bridgehead atoms. The molecule has 5 nitrogen and oxygen atoms in total. The number of aryl methyl sites for hydroxylation is 1. The van der Waals surface area contributed by atoms with E-state index in [1.165, 1.54) is 18.3 Å². The van der Waals surface area contributed by atoms with E-state index in [0.29, 0.717) is 20.4 Å². The molecule has 0 saturated carbocycles. The van der Waals surface area contributed by atoms with Gasteiger partial charge in [0.15, 0.2) is 0 Å². The molecule has 0 amide bonds. The van der Waals surface area contributed by atoms with Gasteiger partial charge < -0.3 is 5.02 Å². The van der Waals surface area contributed by atoms with Gasteiger partial charge in [0.05, 0.1) is 11.1 Å². The third-order valence-electron chi connectivity index (χ3n) is 3.41. The summed E-state index contributed by atoms with van der Waals surface area (Å²) < 4.78 is 25.9. The van der Waals surface area contributed by atoms with E-state index in [-0.39, 0.29) is 4.90 Å². The van der Waals surface area contributed by atoms with Crippen LogP contribution in [-0.2, 0) is 10.0 Å². The van der Waals surface area contributed by atoms with E-state index >= 15 is 0 Å². The van der Waals surface area contributed by atoms with E-state index in [0.717, 1.165) is 5.56 Å². The summed E-state index contributed by atoms with van der Waals surface area (Å²) in [6.45, 7) is 1.87. The molecular formula is C14H12BClN2O3S. The molecule has 1 N–H and O–H groups in total. The summed E-state index contributed by atoms with van der Waals surface area (Å²) in [4.78, 5) is 0.0757. The van der Waals surface area contributed by atoms with Crippen LogP contribution in [0.1, 0.15) is 11.1 Å². The molecule has 8 heteroatoms. The highest BCUT2D eigenvalue weighted by atomic mass is 35.5. The average Bonchev–Trinajstić information content (AvgIpc) is 2.47. The third kappa shape index (κ3) is 2.51. The van der Waals surface area contributed by atoms with E-state index in [1.54, 1.807) is 30.3 Å². The van der Waals surface area contributed by atoms with Gasteiger partial charge in [-0.3, -0.25) is 0 Å². The molecular weight excluding hydrogens is 322 g/mol. The van der Waals surface area contributed by atoms with E-state index in [1.807, 2.05) is 6.92 Å². The maximum atomic E-state index is 12.6. The van der Waals surface area contributed by atoms with Crippen LogP contribution in [0.15, 0.2) is 52.5 Å². The third-order valence-corrected chi connectivity index (χ3v) is 5.30. The maximum absolute atomic E-state index is 12.6. The normalized spacial score (nSPS) is 14.1. The highest BCUT2D eigenvalue weighted by Crippen LogP contribution is 2.20. The topological polar surface area (TPSA) is 70.0 Å². The van der Waals surface area contributed by atoms with E-state index < -0.39 is 17.1 Å². The van der Waals surface area contributed by atoms with Crippen LogP contribution in [0.25, 0.3) is 0 Å². The number of sulfonamides is 1. The van der Waals surface area contributed by atoms with Crippen molar-refractivity contribution in [2.24, 2.45) is 5.10 Å². The van der Waals surface area contributed by atoms with Crippen molar-refractivity contribution in [1.29, 1.82) is 0 Å². The molecule has 3 rings (SSSR count). The molecule has 112 valence electrons. The Balaban J connectivity index is 2.03. The van der Waals surface area contributed by atoms with Gasteiger partial charge in [0.25, 0.3) is 10.0 Å². The van der Waals surface area contributed by atoms with Crippen molar-refractivity contribution >= 4 is 40.4 Å². The summed E-state index contributed by atoms with van der Waals surface area (Å²) >= 11 is 5.89. The summed E-state index contributed by atoms with van der Waals surface area (Å²) in [6.07, 6.45) is 1.37. The second-order valence-corrected chi connectivity index (χ2v) is 7.21. The molecule has 1 heterocycles. The first kappa shape index (κ1) is 15.1. The molecule has 0 fully saturated rings. The summed E-state index contributed by atoms with van der Waals surface area (Å²) in [7, 11) is -5.31. The summed E-state index contributed by atoms with van der Waals surface area (Å²) in [5.74, 6) is 0. The SMILES string of the molecule is Cc1ccc(S(=O)(=O)N2N=Cc3cc(Cl)ccc3B2O)cc1. The van der Waals surface area contributed by atoms with Crippen molar-refractivity contribution in [3.05, 3.63) is 58.6 Å². The second-order valence-electron chi connectivity index (χ2n) is 4.98. The first-order chi connectivity index (χ1) is 10.4. The molecule has 1 aliphatic rings. The molecule has 0 radical (unpaired) electrons. The van der Waals surface area contributed by atoms with E-state index in [9.17, 15) is 13.4 Å². The minimum Gasteiger partial charge on any atom is -0.427 e. The lowest BCUT2D eigenvalue weighted by molar-refractivity contribution is 0.476. The van der Waals surface area contributed by atoms with Crippen molar-refractivity contribution in [1.82, 2.24) is 4.33 Å². The number of nitrogens with zero attached hydrogens (tertiary/aromatic N) is 2. The first-order valence-corrected chi connectivity index (χ1v) is 8.34. The van der Waals surface area contributed by atoms with Gasteiger partial charge in [-0.2, -0.15) is 9.43 Å². The molecule has 0 saturated heterocycles. The summed E-state index contributed by atoms with van der Waals surface area (Å²) in [5.41, 5.74) is 1.98. The minimum absolute atomic E-state index is 0.0757. The number of fused-ring (bicyclic) bond motifs is 1. The van der Waals surface area contributed by atoms with E-state index in [2.05, 4.69) is 5.10 Å². The zero-order chi connectivity index (χ0) is 15.9. The fourth-order valence-corrected chi connectivity index (χ4v) is 3.63. The molecule has 0 atom stereocenters. The number of hydrogen-bond donors (Lipinski definition) is 1. The number of benzene rings is 2. The Bertz CT molecular complexity index is 853. The predicted octanol–water partition coefficient (Wildman–Crippen LogP) is 1.37. The van der Waals surface area contributed by atoms with Crippen molar-refractivity contribution in [3.8, 4) is 0 Å². The molecule has 0 aliphatic carbocycles. The van der Waals surface area contributed by atoms with Gasteiger partial charge in [0.1, 0.15) is 0 Å². The Morgan fingerprint density at radius 2 is 1.86 bits per heavy atom. The quantitative estimate of drug-likeness (QED) is 0.843. The van der Waals surface area contributed by atoms with Crippen LogP contribution in [0.4, 0.5) is 0 Å². The molecule has 2 aromatic rings.